The molecule has 0 aliphatic carbocycles. The number of nitrogens with zero attached hydrogens (tertiary/aromatic N) is 3. The van der Waals surface area contributed by atoms with E-state index in [1.807, 2.05) is 32.3 Å². The molecule has 1 N–H and O–H groups in total. The summed E-state index contributed by atoms with van der Waals surface area (Å²) in [5, 5.41) is 1.67. The van der Waals surface area contributed by atoms with Crippen LogP contribution >= 0.6 is 0 Å². The number of amides is 1. The van der Waals surface area contributed by atoms with E-state index in [2.05, 4.69) is 28.0 Å². The Morgan fingerprint density at radius 2 is 1.27 bits per heavy atom. The SMILES string of the molecule is CCCCCCCCCCCCCCCCCCn1c(C(=O)NN(C)C)nc2ccccc21. The fourth-order valence-corrected chi connectivity index (χ4v) is 4.55. The van der Waals surface area contributed by atoms with E-state index in [1.165, 1.54) is 96.3 Å². The van der Waals surface area contributed by atoms with Gasteiger partial charge in [-0.25, -0.2) is 9.99 Å². The summed E-state index contributed by atoms with van der Waals surface area (Å²) in [6, 6.07) is 8.02. The first-order valence-corrected chi connectivity index (χ1v) is 13.6. The van der Waals surface area contributed by atoms with Crippen LogP contribution in [0.4, 0.5) is 0 Å². The third-order valence-electron chi connectivity index (χ3n) is 6.42. The van der Waals surface area contributed by atoms with E-state index in [4.69, 9.17) is 0 Å². The van der Waals surface area contributed by atoms with Crippen LogP contribution in [0.2, 0.25) is 0 Å². The normalized spacial score (nSPS) is 11.5. The average Bonchev–Trinajstić information content (AvgIpc) is 3.17. The summed E-state index contributed by atoms with van der Waals surface area (Å²) < 4.78 is 2.08. The van der Waals surface area contributed by atoms with Crippen LogP contribution in [0.1, 0.15) is 120 Å². The zero-order valence-corrected chi connectivity index (χ0v) is 21.6. The first-order valence-electron chi connectivity index (χ1n) is 13.6. The van der Waals surface area contributed by atoms with Crippen LogP contribution in [0, 0.1) is 0 Å². The van der Waals surface area contributed by atoms with Crippen molar-refractivity contribution < 1.29 is 4.79 Å². The second-order valence-corrected chi connectivity index (χ2v) is 9.71. The zero-order chi connectivity index (χ0) is 23.7. The van der Waals surface area contributed by atoms with Crippen molar-refractivity contribution >= 4 is 16.9 Å². The van der Waals surface area contributed by atoms with E-state index < -0.39 is 0 Å². The van der Waals surface area contributed by atoms with Crippen molar-refractivity contribution in [2.75, 3.05) is 14.1 Å². The van der Waals surface area contributed by atoms with Crippen LogP contribution in [0.3, 0.4) is 0 Å². The van der Waals surface area contributed by atoms with Gasteiger partial charge in [-0.15, -0.1) is 0 Å². The lowest BCUT2D eigenvalue weighted by molar-refractivity contribution is 0.0841. The van der Waals surface area contributed by atoms with Crippen LogP contribution in [0.15, 0.2) is 24.3 Å². The molecule has 0 saturated heterocycles. The fourth-order valence-electron chi connectivity index (χ4n) is 4.55. The molecule has 0 spiro atoms. The molecule has 186 valence electrons. The molecule has 2 aromatic rings. The highest BCUT2D eigenvalue weighted by Gasteiger charge is 2.17. The summed E-state index contributed by atoms with van der Waals surface area (Å²) in [5.41, 5.74) is 4.76. The molecule has 0 unspecified atom stereocenters. The van der Waals surface area contributed by atoms with Gasteiger partial charge in [0.1, 0.15) is 0 Å². The summed E-state index contributed by atoms with van der Waals surface area (Å²) in [7, 11) is 3.64. The Morgan fingerprint density at radius 3 is 1.79 bits per heavy atom. The molecule has 0 aliphatic rings. The number of aryl methyl sites for hydroxylation is 1. The number of hydrazine groups is 1. The molecule has 0 bridgehead atoms. The molecule has 0 atom stereocenters. The number of carbonyl (C=O) groups is 1. The Hall–Kier alpha value is -1.88. The van der Waals surface area contributed by atoms with Crippen LogP contribution in [0.25, 0.3) is 11.0 Å². The number of unbranched alkanes of at least 4 members (excludes halogenated alkanes) is 15. The van der Waals surface area contributed by atoms with Gasteiger partial charge >= 0.3 is 5.91 Å². The van der Waals surface area contributed by atoms with Crippen LogP contribution < -0.4 is 5.43 Å². The van der Waals surface area contributed by atoms with Gasteiger partial charge in [0.25, 0.3) is 0 Å². The number of aromatic nitrogens is 2. The van der Waals surface area contributed by atoms with Gasteiger partial charge in [0.05, 0.1) is 11.0 Å². The van der Waals surface area contributed by atoms with E-state index in [9.17, 15) is 4.79 Å². The fraction of sp³-hybridized carbons (Fsp3) is 0.714. The summed E-state index contributed by atoms with van der Waals surface area (Å²) in [5.74, 6) is 0.360. The molecule has 2 rings (SSSR count). The Morgan fingerprint density at radius 1 is 0.788 bits per heavy atom. The molecule has 1 heterocycles. The standard InChI is InChI=1S/C28H48N4O/c1-4-5-6-7-8-9-10-11-12-13-14-15-16-17-18-21-24-32-26-23-20-19-22-25(26)29-27(32)28(33)30-31(2)3/h19-20,22-23H,4-18,21,24H2,1-3H3,(H,30,33). The van der Waals surface area contributed by atoms with E-state index in [-0.39, 0.29) is 5.91 Å². The van der Waals surface area contributed by atoms with E-state index in [0.29, 0.717) is 5.82 Å². The smallest absolute Gasteiger partial charge is 0.301 e. The van der Waals surface area contributed by atoms with Gasteiger partial charge < -0.3 is 4.57 Å². The molecule has 0 fully saturated rings. The van der Waals surface area contributed by atoms with Crippen LogP contribution in [-0.2, 0) is 6.54 Å². The second-order valence-electron chi connectivity index (χ2n) is 9.71. The number of benzene rings is 1. The van der Waals surface area contributed by atoms with Crippen LogP contribution in [-0.4, -0.2) is 34.6 Å². The maximum atomic E-state index is 12.6. The highest BCUT2D eigenvalue weighted by Crippen LogP contribution is 2.18. The first-order chi connectivity index (χ1) is 16.1. The number of rotatable bonds is 19. The number of fused-ring (bicyclic) bond motifs is 1. The quantitative estimate of drug-likeness (QED) is 0.176. The summed E-state index contributed by atoms with van der Waals surface area (Å²) in [4.78, 5) is 17.2. The van der Waals surface area contributed by atoms with Crippen molar-refractivity contribution in [3.8, 4) is 0 Å². The molecule has 0 saturated carbocycles. The lowest BCUT2D eigenvalue weighted by atomic mass is 10.0. The van der Waals surface area contributed by atoms with Crippen molar-refractivity contribution in [1.82, 2.24) is 20.0 Å². The number of hydrogen-bond acceptors (Lipinski definition) is 3. The monoisotopic (exact) mass is 456 g/mol. The Balaban J connectivity index is 1.55. The molecule has 1 aromatic heterocycles. The topological polar surface area (TPSA) is 50.2 Å². The van der Waals surface area contributed by atoms with E-state index >= 15 is 0 Å². The minimum absolute atomic E-state index is 0.146. The molecule has 5 heteroatoms. The number of hydrogen-bond donors (Lipinski definition) is 1. The predicted octanol–water partition coefficient (Wildman–Crippen LogP) is 7.50. The van der Waals surface area contributed by atoms with E-state index in [1.54, 1.807) is 5.01 Å². The molecule has 33 heavy (non-hydrogen) atoms. The minimum atomic E-state index is -0.146. The minimum Gasteiger partial charge on any atom is -0.320 e. The van der Waals surface area contributed by atoms with Gasteiger partial charge in [-0.3, -0.25) is 10.2 Å². The number of nitrogens with one attached hydrogen (secondary N) is 1. The lowest BCUT2D eigenvalue weighted by Gasteiger charge is -2.13. The largest absolute Gasteiger partial charge is 0.320 e. The molecule has 1 aromatic carbocycles. The number of para-hydroxylation sites is 2. The third kappa shape index (κ3) is 10.7. The molecule has 0 aliphatic heterocycles. The Bertz CT molecular complexity index is 783. The summed E-state index contributed by atoms with van der Waals surface area (Å²) in [6.45, 7) is 3.13. The second kappa shape index (κ2) is 16.7. The van der Waals surface area contributed by atoms with Crippen LogP contribution in [0.5, 0.6) is 0 Å². The van der Waals surface area contributed by atoms with Gasteiger partial charge in [-0.05, 0) is 18.6 Å². The Kier molecular flexibility index (Phi) is 13.8. The van der Waals surface area contributed by atoms with Gasteiger partial charge in [-0.2, -0.15) is 0 Å². The zero-order valence-electron chi connectivity index (χ0n) is 21.6. The van der Waals surface area contributed by atoms with Gasteiger partial charge in [0.15, 0.2) is 0 Å². The molecular formula is C28H48N4O. The van der Waals surface area contributed by atoms with Gasteiger partial charge in [0, 0.05) is 20.6 Å². The van der Waals surface area contributed by atoms with Crippen molar-refractivity contribution in [2.45, 2.75) is 116 Å². The van der Waals surface area contributed by atoms with Gasteiger partial charge in [0.2, 0.25) is 5.82 Å². The summed E-state index contributed by atoms with van der Waals surface area (Å²) in [6.07, 6.45) is 21.8. The predicted molar refractivity (Wildman–Crippen MR) is 140 cm³/mol. The molecule has 1 amide bonds. The van der Waals surface area contributed by atoms with Crippen molar-refractivity contribution in [3.63, 3.8) is 0 Å². The number of carbonyl (C=O) groups excluding carboxylic acids is 1. The third-order valence-corrected chi connectivity index (χ3v) is 6.42. The highest BCUT2D eigenvalue weighted by atomic mass is 16.2. The Labute approximate surface area is 202 Å². The highest BCUT2D eigenvalue weighted by molar-refractivity contribution is 5.94. The van der Waals surface area contributed by atoms with Crippen molar-refractivity contribution in [3.05, 3.63) is 30.1 Å². The molecule has 5 nitrogen and oxygen atoms in total. The maximum Gasteiger partial charge on any atom is 0.301 e. The lowest BCUT2D eigenvalue weighted by Crippen LogP contribution is -2.37. The first kappa shape index (κ1) is 27.4. The molecule has 0 radical (unpaired) electrons. The number of imidazole rings is 1. The maximum absolute atomic E-state index is 12.6. The molecular weight excluding hydrogens is 408 g/mol. The van der Waals surface area contributed by atoms with Crippen molar-refractivity contribution in [2.24, 2.45) is 0 Å². The van der Waals surface area contributed by atoms with Crippen molar-refractivity contribution in [1.29, 1.82) is 0 Å². The van der Waals surface area contributed by atoms with Gasteiger partial charge in [-0.1, -0.05) is 115 Å². The summed E-state index contributed by atoms with van der Waals surface area (Å²) >= 11 is 0. The average molecular weight is 457 g/mol. The van der Waals surface area contributed by atoms with E-state index in [0.717, 1.165) is 24.0 Å².